The minimum absolute atomic E-state index is 0.0648. The Balaban J connectivity index is 2.59. The predicted octanol–water partition coefficient (Wildman–Crippen LogP) is 3.03. The highest BCUT2D eigenvalue weighted by atomic mass is 32.2. The number of carbonyl (C=O) groups excluding carboxylic acids is 1. The van der Waals surface area contributed by atoms with Crippen LogP contribution in [0.3, 0.4) is 0 Å². The van der Waals surface area contributed by atoms with Crippen molar-refractivity contribution in [3.8, 4) is 0 Å². The molecule has 1 unspecified atom stereocenters. The van der Waals surface area contributed by atoms with Crippen molar-refractivity contribution in [3.63, 3.8) is 0 Å². The number of rotatable bonds is 0. The van der Waals surface area contributed by atoms with E-state index in [1.54, 1.807) is 0 Å². The summed E-state index contributed by atoms with van der Waals surface area (Å²) in [4.78, 5) is 11.7. The second-order valence-corrected chi connectivity index (χ2v) is 4.77. The van der Waals surface area contributed by atoms with Crippen molar-refractivity contribution in [1.82, 2.24) is 0 Å². The summed E-state index contributed by atoms with van der Waals surface area (Å²) in [5.74, 6) is -1.50. The van der Waals surface area contributed by atoms with Gasteiger partial charge in [-0.1, -0.05) is 6.92 Å². The average Bonchev–Trinajstić information content (AvgIpc) is 2.07. The summed E-state index contributed by atoms with van der Waals surface area (Å²) in [5.41, 5.74) is 0.186. The van der Waals surface area contributed by atoms with Crippen molar-refractivity contribution in [2.45, 2.75) is 23.5 Å². The monoisotopic (exact) mass is 214 g/mol. The van der Waals surface area contributed by atoms with Crippen LogP contribution in [0.4, 0.5) is 8.78 Å². The zero-order valence-corrected chi connectivity index (χ0v) is 8.33. The minimum atomic E-state index is -0.690. The van der Waals surface area contributed by atoms with E-state index in [2.05, 4.69) is 0 Å². The van der Waals surface area contributed by atoms with Gasteiger partial charge in [0.15, 0.2) is 5.78 Å². The molecule has 0 saturated carbocycles. The van der Waals surface area contributed by atoms with Gasteiger partial charge in [-0.2, -0.15) is 0 Å². The van der Waals surface area contributed by atoms with Crippen LogP contribution in [0.15, 0.2) is 17.0 Å². The van der Waals surface area contributed by atoms with Gasteiger partial charge in [-0.15, -0.1) is 11.8 Å². The van der Waals surface area contributed by atoms with Crippen molar-refractivity contribution in [3.05, 3.63) is 29.3 Å². The van der Waals surface area contributed by atoms with Crippen molar-refractivity contribution in [1.29, 1.82) is 0 Å². The fourth-order valence-electron chi connectivity index (χ4n) is 1.50. The Bertz CT molecular complexity index is 403. The molecule has 1 atom stereocenters. The molecule has 14 heavy (non-hydrogen) atoms. The van der Waals surface area contributed by atoms with Crippen molar-refractivity contribution in [2.24, 2.45) is 0 Å². The molecule has 1 aliphatic heterocycles. The SMILES string of the molecule is CC1CC(=O)c2cc(F)cc(F)c2S1. The molecule has 1 aromatic rings. The number of hydrogen-bond acceptors (Lipinski definition) is 2. The Kier molecular flexibility index (Phi) is 2.31. The van der Waals surface area contributed by atoms with Crippen LogP contribution in [0.5, 0.6) is 0 Å². The van der Waals surface area contributed by atoms with Crippen LogP contribution in [-0.2, 0) is 0 Å². The third kappa shape index (κ3) is 1.54. The van der Waals surface area contributed by atoms with Crippen LogP contribution in [-0.4, -0.2) is 11.0 Å². The van der Waals surface area contributed by atoms with Gasteiger partial charge in [0.05, 0.1) is 4.90 Å². The number of fused-ring (bicyclic) bond motifs is 1. The molecule has 74 valence electrons. The number of halogens is 2. The van der Waals surface area contributed by atoms with Crippen molar-refractivity contribution < 1.29 is 13.6 Å². The van der Waals surface area contributed by atoms with Gasteiger partial charge in [-0.05, 0) is 6.07 Å². The first-order valence-electron chi connectivity index (χ1n) is 4.27. The highest BCUT2D eigenvalue weighted by molar-refractivity contribution is 8.00. The number of benzene rings is 1. The Morgan fingerprint density at radius 2 is 2.14 bits per heavy atom. The molecule has 2 rings (SSSR count). The van der Waals surface area contributed by atoms with Crippen LogP contribution in [0.1, 0.15) is 23.7 Å². The van der Waals surface area contributed by atoms with E-state index in [4.69, 9.17) is 0 Å². The number of thioether (sulfide) groups is 1. The highest BCUT2D eigenvalue weighted by Crippen LogP contribution is 2.37. The highest BCUT2D eigenvalue weighted by Gasteiger charge is 2.26. The molecule has 1 heterocycles. The molecule has 0 aromatic heterocycles. The molecular formula is C10H8F2OS. The lowest BCUT2D eigenvalue weighted by atomic mass is 10.1. The van der Waals surface area contributed by atoms with E-state index >= 15 is 0 Å². The smallest absolute Gasteiger partial charge is 0.165 e. The Labute approximate surface area is 84.5 Å². The lowest BCUT2D eigenvalue weighted by Gasteiger charge is -2.19. The topological polar surface area (TPSA) is 17.1 Å². The number of carbonyl (C=O) groups is 1. The van der Waals surface area contributed by atoms with E-state index in [9.17, 15) is 13.6 Å². The van der Waals surface area contributed by atoms with Gasteiger partial charge in [-0.25, -0.2) is 8.78 Å². The summed E-state index contributed by atoms with van der Waals surface area (Å²) < 4.78 is 26.1. The quantitative estimate of drug-likeness (QED) is 0.660. The van der Waals surface area contributed by atoms with Gasteiger partial charge in [0.25, 0.3) is 0 Å². The van der Waals surface area contributed by atoms with Gasteiger partial charge in [0.2, 0.25) is 0 Å². The van der Waals surface area contributed by atoms with Crippen LogP contribution < -0.4 is 0 Å². The van der Waals surface area contributed by atoms with Gasteiger partial charge >= 0.3 is 0 Å². The van der Waals surface area contributed by atoms with E-state index < -0.39 is 11.6 Å². The second-order valence-electron chi connectivity index (χ2n) is 3.32. The summed E-state index contributed by atoms with van der Waals surface area (Å²) in [5, 5.41) is 0.0648. The molecule has 0 aliphatic carbocycles. The molecule has 0 N–H and O–H groups in total. The third-order valence-corrected chi connectivity index (χ3v) is 3.32. The lowest BCUT2D eigenvalue weighted by Crippen LogP contribution is -2.16. The summed E-state index contributed by atoms with van der Waals surface area (Å²) in [7, 11) is 0. The second kappa shape index (κ2) is 3.35. The van der Waals surface area contributed by atoms with Crippen LogP contribution in [0, 0.1) is 11.6 Å². The number of hydrogen-bond donors (Lipinski definition) is 0. The third-order valence-electron chi connectivity index (χ3n) is 2.10. The lowest BCUT2D eigenvalue weighted by molar-refractivity contribution is 0.0976. The van der Waals surface area contributed by atoms with Crippen molar-refractivity contribution >= 4 is 17.5 Å². The Morgan fingerprint density at radius 3 is 2.86 bits per heavy atom. The largest absolute Gasteiger partial charge is 0.294 e. The summed E-state index contributed by atoms with van der Waals surface area (Å²) >= 11 is 1.29. The predicted molar refractivity (Wildman–Crippen MR) is 50.6 cm³/mol. The molecule has 0 bridgehead atoms. The first-order valence-corrected chi connectivity index (χ1v) is 5.15. The molecule has 1 aliphatic rings. The zero-order chi connectivity index (χ0) is 10.3. The molecule has 4 heteroatoms. The van der Waals surface area contributed by atoms with Crippen LogP contribution in [0.2, 0.25) is 0 Å². The number of ketones is 1. The normalized spacial score (nSPS) is 20.8. The standard InChI is InChI=1S/C10H8F2OS/c1-5-2-9(13)7-3-6(11)4-8(12)10(7)14-5/h3-5H,2H2,1H3. The van der Waals surface area contributed by atoms with Gasteiger partial charge < -0.3 is 0 Å². The van der Waals surface area contributed by atoms with Gasteiger partial charge in [0.1, 0.15) is 11.6 Å². The summed E-state index contributed by atoms with van der Waals surface area (Å²) in [6.45, 7) is 1.86. The van der Waals surface area contributed by atoms with E-state index in [0.29, 0.717) is 6.42 Å². The maximum atomic E-state index is 13.3. The molecule has 0 radical (unpaired) electrons. The Hall–Kier alpha value is -0.900. The molecule has 0 spiro atoms. The zero-order valence-electron chi connectivity index (χ0n) is 7.51. The van der Waals surface area contributed by atoms with Gasteiger partial charge in [-0.3, -0.25) is 4.79 Å². The molecule has 0 fully saturated rings. The summed E-state index contributed by atoms with van der Waals surface area (Å²) in [6, 6.07) is 1.93. The first kappa shape index (κ1) is 9.65. The maximum absolute atomic E-state index is 13.3. The number of Topliss-reactive ketones (excluding diaryl/α,β-unsaturated/α-hetero) is 1. The molecule has 0 saturated heterocycles. The first-order chi connectivity index (χ1) is 6.58. The summed E-state index contributed by atoms with van der Waals surface area (Å²) in [6.07, 6.45) is 0.348. The fourth-order valence-corrected chi connectivity index (χ4v) is 2.61. The average molecular weight is 214 g/mol. The van der Waals surface area contributed by atoms with E-state index in [-0.39, 0.29) is 21.5 Å². The van der Waals surface area contributed by atoms with Crippen molar-refractivity contribution in [2.75, 3.05) is 0 Å². The van der Waals surface area contributed by atoms with E-state index in [1.807, 2.05) is 6.92 Å². The molecule has 1 nitrogen and oxygen atoms in total. The molecular weight excluding hydrogens is 206 g/mol. The van der Waals surface area contributed by atoms with Crippen LogP contribution in [0.25, 0.3) is 0 Å². The maximum Gasteiger partial charge on any atom is 0.165 e. The fraction of sp³-hybridized carbons (Fsp3) is 0.300. The molecule has 1 aromatic carbocycles. The molecule has 0 amide bonds. The van der Waals surface area contributed by atoms with E-state index in [0.717, 1.165) is 12.1 Å². The van der Waals surface area contributed by atoms with Crippen LogP contribution >= 0.6 is 11.8 Å². The Morgan fingerprint density at radius 1 is 1.43 bits per heavy atom. The van der Waals surface area contributed by atoms with E-state index in [1.165, 1.54) is 11.8 Å². The minimum Gasteiger partial charge on any atom is -0.294 e. The van der Waals surface area contributed by atoms with Gasteiger partial charge in [0, 0.05) is 23.3 Å².